The van der Waals surface area contributed by atoms with Crippen LogP contribution in [-0.2, 0) is 0 Å². The van der Waals surface area contributed by atoms with Gasteiger partial charge in [0, 0.05) is 11.1 Å². The lowest BCUT2D eigenvalue weighted by atomic mass is 10.1. The number of para-hydroxylation sites is 1. The lowest BCUT2D eigenvalue weighted by Crippen LogP contribution is -2.10. The largest absolute Gasteiger partial charge is 0.490 e. The molecule has 0 spiro atoms. The third-order valence-electron chi connectivity index (χ3n) is 2.56. The van der Waals surface area contributed by atoms with Crippen LogP contribution in [0.15, 0.2) is 30.5 Å². The van der Waals surface area contributed by atoms with Crippen molar-refractivity contribution in [2.45, 2.75) is 5.51 Å². The fraction of sp³-hybridized carbons (Fsp3) is 0.231. The highest BCUT2D eigenvalue weighted by Gasteiger charge is 2.27. The molecule has 4 nitrogen and oxygen atoms in total. The summed E-state index contributed by atoms with van der Waals surface area (Å²) in [4.78, 5) is 15.4. The molecule has 0 unspecified atom stereocenters. The van der Waals surface area contributed by atoms with Crippen molar-refractivity contribution in [1.29, 1.82) is 0 Å². The monoisotopic (exact) mass is 317 g/mol. The molecule has 1 aromatic carbocycles. The van der Waals surface area contributed by atoms with Crippen molar-refractivity contribution >= 4 is 28.6 Å². The van der Waals surface area contributed by atoms with Gasteiger partial charge in [-0.2, -0.15) is 13.2 Å². The van der Waals surface area contributed by atoms with Crippen LogP contribution in [-0.4, -0.2) is 33.9 Å². The fourth-order valence-electron chi connectivity index (χ4n) is 1.76. The molecule has 0 atom stereocenters. The maximum atomic E-state index is 12.0. The van der Waals surface area contributed by atoms with Gasteiger partial charge in [0.15, 0.2) is 5.75 Å². The number of halogens is 3. The minimum absolute atomic E-state index is 0.0380. The fourth-order valence-corrected chi connectivity index (χ4v) is 2.16. The van der Waals surface area contributed by atoms with E-state index in [2.05, 4.69) is 4.98 Å². The van der Waals surface area contributed by atoms with Crippen LogP contribution in [0.5, 0.6) is 5.75 Å². The Kier molecular flexibility index (Phi) is 4.56. The number of pyridine rings is 1. The molecule has 1 heterocycles. The van der Waals surface area contributed by atoms with Crippen molar-refractivity contribution in [3.05, 3.63) is 36.0 Å². The second-order valence-corrected chi connectivity index (χ2v) is 5.12. The Labute approximate surface area is 121 Å². The van der Waals surface area contributed by atoms with Gasteiger partial charge < -0.3 is 9.84 Å². The molecule has 8 heteroatoms. The molecule has 0 aliphatic heterocycles. The number of aromatic carboxylic acids is 1. The number of nitrogens with zero attached hydrogens (tertiary/aromatic N) is 1. The molecule has 112 valence electrons. The number of fused-ring (bicyclic) bond motifs is 1. The predicted molar refractivity (Wildman–Crippen MR) is 72.7 cm³/mol. The summed E-state index contributed by atoms with van der Waals surface area (Å²) >= 11 is -0.222. The Morgan fingerprint density at radius 3 is 2.71 bits per heavy atom. The number of rotatable bonds is 5. The van der Waals surface area contributed by atoms with Crippen molar-refractivity contribution in [3.63, 3.8) is 0 Å². The highest BCUT2D eigenvalue weighted by atomic mass is 32.2. The van der Waals surface area contributed by atoms with Crippen LogP contribution < -0.4 is 4.74 Å². The van der Waals surface area contributed by atoms with Crippen LogP contribution in [0.3, 0.4) is 0 Å². The van der Waals surface area contributed by atoms with Crippen molar-refractivity contribution in [1.82, 2.24) is 4.98 Å². The molecule has 2 rings (SSSR count). The molecular formula is C13H10F3NO3S. The molecular weight excluding hydrogens is 307 g/mol. The van der Waals surface area contributed by atoms with Gasteiger partial charge >= 0.3 is 11.5 Å². The Morgan fingerprint density at radius 2 is 2.05 bits per heavy atom. The number of thioether (sulfide) groups is 1. The Morgan fingerprint density at radius 1 is 1.33 bits per heavy atom. The van der Waals surface area contributed by atoms with E-state index in [-0.39, 0.29) is 35.4 Å². The molecule has 1 aromatic heterocycles. The first-order chi connectivity index (χ1) is 9.88. The van der Waals surface area contributed by atoms with Gasteiger partial charge in [0.1, 0.15) is 5.56 Å². The van der Waals surface area contributed by atoms with Crippen LogP contribution in [0.25, 0.3) is 10.9 Å². The highest BCUT2D eigenvalue weighted by molar-refractivity contribution is 8.00. The van der Waals surface area contributed by atoms with Gasteiger partial charge in [-0.15, -0.1) is 0 Å². The Bertz CT molecular complexity index is 661. The van der Waals surface area contributed by atoms with Crippen molar-refractivity contribution in [2.24, 2.45) is 0 Å². The SMILES string of the molecule is O=C(O)c1c(OCCSC(F)(F)F)cnc2ccccc12. The first-order valence-electron chi connectivity index (χ1n) is 5.83. The van der Waals surface area contributed by atoms with Crippen LogP contribution in [0.2, 0.25) is 0 Å². The average Bonchev–Trinajstić information content (AvgIpc) is 2.41. The number of carboxylic acids is 1. The van der Waals surface area contributed by atoms with Crippen molar-refractivity contribution < 1.29 is 27.8 Å². The summed E-state index contributed by atoms with van der Waals surface area (Å²) in [6, 6.07) is 6.58. The van der Waals surface area contributed by atoms with Gasteiger partial charge in [-0.1, -0.05) is 18.2 Å². The molecule has 0 bridgehead atoms. The van der Waals surface area contributed by atoms with E-state index in [1.54, 1.807) is 24.3 Å². The van der Waals surface area contributed by atoms with E-state index < -0.39 is 11.5 Å². The molecule has 0 amide bonds. The molecule has 0 radical (unpaired) electrons. The van der Waals surface area contributed by atoms with Gasteiger partial charge in [-0.05, 0) is 17.8 Å². The zero-order valence-corrected chi connectivity index (χ0v) is 11.4. The zero-order chi connectivity index (χ0) is 15.5. The molecule has 0 saturated carbocycles. The standard InChI is InChI=1S/C13H10F3NO3S/c14-13(15,16)21-6-5-20-10-7-17-9-4-2-1-3-8(9)11(10)12(18)19/h1-4,7H,5-6H2,(H,18,19). The van der Waals surface area contributed by atoms with Gasteiger partial charge in [0.25, 0.3) is 0 Å². The topological polar surface area (TPSA) is 59.4 Å². The number of hydrogen-bond acceptors (Lipinski definition) is 4. The summed E-state index contributed by atoms with van der Waals surface area (Å²) in [6.07, 6.45) is 1.21. The number of aromatic nitrogens is 1. The number of benzene rings is 1. The number of alkyl halides is 3. The molecule has 0 aliphatic rings. The number of hydrogen-bond donors (Lipinski definition) is 1. The maximum absolute atomic E-state index is 12.0. The minimum Gasteiger partial charge on any atom is -0.490 e. The third kappa shape index (κ3) is 4.01. The van der Waals surface area contributed by atoms with Crippen molar-refractivity contribution in [3.8, 4) is 5.75 Å². The highest BCUT2D eigenvalue weighted by Crippen LogP contribution is 2.30. The lowest BCUT2D eigenvalue weighted by molar-refractivity contribution is -0.0329. The van der Waals surface area contributed by atoms with Gasteiger partial charge in [-0.25, -0.2) is 4.79 Å². The summed E-state index contributed by atoms with van der Waals surface area (Å²) in [6.45, 7) is -0.259. The maximum Gasteiger partial charge on any atom is 0.441 e. The zero-order valence-electron chi connectivity index (χ0n) is 10.6. The number of ether oxygens (including phenoxy) is 1. The quantitative estimate of drug-likeness (QED) is 0.854. The van der Waals surface area contributed by atoms with E-state index in [1.807, 2.05) is 0 Å². The summed E-state index contributed by atoms with van der Waals surface area (Å²) in [7, 11) is 0. The molecule has 0 saturated heterocycles. The smallest absolute Gasteiger partial charge is 0.441 e. The third-order valence-corrected chi connectivity index (χ3v) is 3.26. The molecule has 21 heavy (non-hydrogen) atoms. The molecule has 0 aliphatic carbocycles. The first kappa shape index (κ1) is 15.4. The predicted octanol–water partition coefficient (Wildman–Crippen LogP) is 3.56. The molecule has 0 fully saturated rings. The molecule has 1 N–H and O–H groups in total. The summed E-state index contributed by atoms with van der Waals surface area (Å²) in [5.74, 6) is -1.58. The van der Waals surface area contributed by atoms with Crippen molar-refractivity contribution in [2.75, 3.05) is 12.4 Å². The average molecular weight is 317 g/mol. The van der Waals surface area contributed by atoms with E-state index >= 15 is 0 Å². The van der Waals surface area contributed by atoms with Crippen LogP contribution >= 0.6 is 11.8 Å². The van der Waals surface area contributed by atoms with E-state index in [0.717, 1.165) is 0 Å². The Hall–Kier alpha value is -1.96. The summed E-state index contributed by atoms with van der Waals surface area (Å²) in [5.41, 5.74) is -3.95. The minimum atomic E-state index is -4.33. The van der Waals surface area contributed by atoms with E-state index in [4.69, 9.17) is 4.74 Å². The molecule has 2 aromatic rings. The number of carbonyl (C=O) groups is 1. The Balaban J connectivity index is 2.20. The van der Waals surface area contributed by atoms with Gasteiger partial charge in [0.2, 0.25) is 0 Å². The van der Waals surface area contributed by atoms with E-state index in [1.165, 1.54) is 6.20 Å². The van der Waals surface area contributed by atoms with Gasteiger partial charge in [0.05, 0.1) is 18.3 Å². The summed E-state index contributed by atoms with van der Waals surface area (Å²) in [5, 5.41) is 9.64. The number of carboxylic acid groups (broad SMARTS) is 1. The van der Waals surface area contributed by atoms with Crippen LogP contribution in [0, 0.1) is 0 Å². The van der Waals surface area contributed by atoms with E-state index in [0.29, 0.717) is 10.9 Å². The van der Waals surface area contributed by atoms with Gasteiger partial charge in [-0.3, -0.25) is 4.98 Å². The summed E-state index contributed by atoms with van der Waals surface area (Å²) < 4.78 is 41.1. The second kappa shape index (κ2) is 6.21. The van der Waals surface area contributed by atoms with E-state index in [9.17, 15) is 23.1 Å². The first-order valence-corrected chi connectivity index (χ1v) is 6.81. The normalized spacial score (nSPS) is 11.6. The van der Waals surface area contributed by atoms with Crippen LogP contribution in [0.1, 0.15) is 10.4 Å². The second-order valence-electron chi connectivity index (χ2n) is 3.96. The lowest BCUT2D eigenvalue weighted by Gasteiger charge is -2.11. The van der Waals surface area contributed by atoms with Crippen LogP contribution in [0.4, 0.5) is 13.2 Å².